The topological polar surface area (TPSA) is 88.3 Å². The Bertz CT molecular complexity index is 1250. The maximum atomic E-state index is 13.0. The van der Waals surface area contributed by atoms with Crippen LogP contribution in [0.4, 0.5) is 18.9 Å². The van der Waals surface area contributed by atoms with Crippen LogP contribution >= 0.6 is 0 Å². The SMILES string of the molecule is N#CCC(=O)Cc1ccc(-c2ccnc(Cc3ccc(N4CCOCC4)cc3)n2)cc1OC(F)(F)F. The number of aromatic nitrogens is 2. The second-order valence-corrected chi connectivity index (χ2v) is 8.22. The number of rotatable bonds is 8. The molecule has 0 amide bonds. The van der Waals surface area contributed by atoms with Crippen LogP contribution in [0.15, 0.2) is 54.7 Å². The fourth-order valence-electron chi connectivity index (χ4n) is 3.92. The molecule has 0 atom stereocenters. The summed E-state index contributed by atoms with van der Waals surface area (Å²) in [5.41, 5.74) is 2.97. The van der Waals surface area contributed by atoms with Crippen molar-refractivity contribution in [3.8, 4) is 23.1 Å². The number of ether oxygens (including phenoxy) is 2. The highest BCUT2D eigenvalue weighted by atomic mass is 19.4. The summed E-state index contributed by atoms with van der Waals surface area (Å²) < 4.78 is 48.6. The molecule has 0 radical (unpaired) electrons. The molecule has 186 valence electrons. The summed E-state index contributed by atoms with van der Waals surface area (Å²) >= 11 is 0. The van der Waals surface area contributed by atoms with Crippen molar-refractivity contribution in [1.82, 2.24) is 9.97 Å². The molecular weight excluding hydrogens is 473 g/mol. The molecule has 0 N–H and O–H groups in total. The first-order chi connectivity index (χ1) is 17.3. The number of carbonyl (C=O) groups is 1. The van der Waals surface area contributed by atoms with Crippen LogP contribution in [0.5, 0.6) is 5.75 Å². The van der Waals surface area contributed by atoms with Crippen LogP contribution in [0.25, 0.3) is 11.3 Å². The van der Waals surface area contributed by atoms with Gasteiger partial charge in [0.2, 0.25) is 0 Å². The maximum Gasteiger partial charge on any atom is 0.573 e. The summed E-state index contributed by atoms with van der Waals surface area (Å²) in [5.74, 6) is -0.482. The Hall–Kier alpha value is -3.97. The van der Waals surface area contributed by atoms with Gasteiger partial charge in [-0.25, -0.2) is 9.97 Å². The quantitative estimate of drug-likeness (QED) is 0.454. The number of nitrogens with zero attached hydrogens (tertiary/aromatic N) is 4. The van der Waals surface area contributed by atoms with E-state index in [0.717, 1.165) is 24.3 Å². The van der Waals surface area contributed by atoms with Gasteiger partial charge in [-0.1, -0.05) is 24.3 Å². The Balaban J connectivity index is 1.53. The highest BCUT2D eigenvalue weighted by molar-refractivity contribution is 5.83. The second kappa shape index (κ2) is 11.2. The molecular formula is C26H23F3N4O3. The van der Waals surface area contributed by atoms with Crippen molar-refractivity contribution in [1.29, 1.82) is 5.26 Å². The number of benzene rings is 2. The van der Waals surface area contributed by atoms with Crippen LogP contribution in [-0.4, -0.2) is 48.4 Å². The Morgan fingerprint density at radius 1 is 1.11 bits per heavy atom. The van der Waals surface area contributed by atoms with Gasteiger partial charge < -0.3 is 14.4 Å². The Morgan fingerprint density at radius 2 is 1.86 bits per heavy atom. The summed E-state index contributed by atoms with van der Waals surface area (Å²) in [4.78, 5) is 22.9. The molecule has 2 heterocycles. The van der Waals surface area contributed by atoms with E-state index in [-0.39, 0.29) is 12.0 Å². The Labute approximate surface area is 206 Å². The summed E-state index contributed by atoms with van der Waals surface area (Å²) in [5, 5.41) is 8.67. The summed E-state index contributed by atoms with van der Waals surface area (Å²) in [6.07, 6.45) is -3.67. The maximum absolute atomic E-state index is 13.0. The van der Waals surface area contributed by atoms with E-state index in [1.54, 1.807) is 24.4 Å². The number of Topliss-reactive ketones (excluding diaryl/α,β-unsaturated/α-hetero) is 1. The monoisotopic (exact) mass is 496 g/mol. The number of carbonyl (C=O) groups excluding carboxylic acids is 1. The minimum Gasteiger partial charge on any atom is -0.405 e. The van der Waals surface area contributed by atoms with Crippen LogP contribution in [0.2, 0.25) is 0 Å². The molecule has 1 aliphatic heterocycles. The van der Waals surface area contributed by atoms with Gasteiger partial charge in [0.1, 0.15) is 11.6 Å². The average Bonchev–Trinajstić information content (AvgIpc) is 2.85. The third kappa shape index (κ3) is 6.79. The third-order valence-electron chi connectivity index (χ3n) is 5.63. The Morgan fingerprint density at radius 3 is 2.56 bits per heavy atom. The van der Waals surface area contributed by atoms with Crippen molar-refractivity contribution in [3.63, 3.8) is 0 Å². The highest BCUT2D eigenvalue weighted by Crippen LogP contribution is 2.31. The third-order valence-corrected chi connectivity index (χ3v) is 5.63. The molecule has 1 fully saturated rings. The molecule has 1 aliphatic rings. The minimum absolute atomic E-state index is 0.0472. The molecule has 0 spiro atoms. The summed E-state index contributed by atoms with van der Waals surface area (Å²) in [6.45, 7) is 3.09. The first-order valence-electron chi connectivity index (χ1n) is 11.3. The molecule has 0 bridgehead atoms. The van der Waals surface area contributed by atoms with Gasteiger partial charge in [0.05, 0.1) is 31.4 Å². The van der Waals surface area contributed by atoms with Crippen LogP contribution in [-0.2, 0) is 22.4 Å². The molecule has 3 aromatic rings. The van der Waals surface area contributed by atoms with Crippen molar-refractivity contribution in [3.05, 3.63) is 71.7 Å². The molecule has 10 heteroatoms. The van der Waals surface area contributed by atoms with E-state index in [0.29, 0.717) is 36.7 Å². The largest absolute Gasteiger partial charge is 0.573 e. The zero-order valence-corrected chi connectivity index (χ0v) is 19.3. The molecule has 0 saturated carbocycles. The van der Waals surface area contributed by atoms with E-state index in [4.69, 9.17) is 10.00 Å². The predicted molar refractivity (Wildman–Crippen MR) is 125 cm³/mol. The highest BCUT2D eigenvalue weighted by Gasteiger charge is 2.32. The normalized spacial score (nSPS) is 13.8. The van der Waals surface area contributed by atoms with E-state index in [9.17, 15) is 18.0 Å². The van der Waals surface area contributed by atoms with Crippen LogP contribution in [0.3, 0.4) is 0 Å². The molecule has 0 aliphatic carbocycles. The Kier molecular flexibility index (Phi) is 7.80. The number of ketones is 1. The van der Waals surface area contributed by atoms with E-state index in [2.05, 4.69) is 19.6 Å². The summed E-state index contributed by atoms with van der Waals surface area (Å²) in [7, 11) is 0. The number of hydrogen-bond donors (Lipinski definition) is 0. The van der Waals surface area contributed by atoms with Crippen molar-refractivity contribution < 1.29 is 27.4 Å². The average molecular weight is 496 g/mol. The lowest BCUT2D eigenvalue weighted by Gasteiger charge is -2.28. The zero-order chi connectivity index (χ0) is 25.5. The smallest absolute Gasteiger partial charge is 0.405 e. The molecule has 4 rings (SSSR count). The lowest BCUT2D eigenvalue weighted by atomic mass is 10.0. The van der Waals surface area contributed by atoms with Gasteiger partial charge in [-0.05, 0) is 29.8 Å². The minimum atomic E-state index is -4.93. The van der Waals surface area contributed by atoms with Gasteiger partial charge in [-0.15, -0.1) is 13.2 Å². The number of hydrogen-bond acceptors (Lipinski definition) is 7. The number of halogens is 3. The van der Waals surface area contributed by atoms with Gasteiger partial charge in [-0.2, -0.15) is 5.26 Å². The molecule has 36 heavy (non-hydrogen) atoms. The van der Waals surface area contributed by atoms with Crippen LogP contribution < -0.4 is 9.64 Å². The van der Waals surface area contributed by atoms with Crippen LogP contribution in [0, 0.1) is 11.3 Å². The van der Waals surface area contributed by atoms with Gasteiger partial charge in [-0.3, -0.25) is 4.79 Å². The fourth-order valence-corrected chi connectivity index (χ4v) is 3.92. The summed E-state index contributed by atoms with van der Waals surface area (Å²) in [6, 6.07) is 15.5. The van der Waals surface area contributed by atoms with Crippen molar-refractivity contribution >= 4 is 11.5 Å². The molecule has 7 nitrogen and oxygen atoms in total. The molecule has 1 saturated heterocycles. The van der Waals surface area contributed by atoms with E-state index < -0.39 is 24.3 Å². The van der Waals surface area contributed by atoms with Gasteiger partial charge in [0.25, 0.3) is 0 Å². The first kappa shape index (κ1) is 25.1. The van der Waals surface area contributed by atoms with Crippen molar-refractivity contribution in [2.75, 3.05) is 31.2 Å². The predicted octanol–water partition coefficient (Wildman–Crippen LogP) is 4.49. The number of anilines is 1. The van der Waals surface area contributed by atoms with Gasteiger partial charge in [0.15, 0.2) is 5.78 Å². The number of morpholine rings is 1. The molecule has 0 unspecified atom stereocenters. The zero-order valence-electron chi connectivity index (χ0n) is 19.3. The van der Waals surface area contributed by atoms with E-state index in [1.165, 1.54) is 12.1 Å². The molecule has 1 aromatic heterocycles. The van der Waals surface area contributed by atoms with E-state index in [1.807, 2.05) is 24.3 Å². The lowest BCUT2D eigenvalue weighted by Crippen LogP contribution is -2.36. The first-order valence-corrected chi connectivity index (χ1v) is 11.3. The van der Waals surface area contributed by atoms with Crippen molar-refractivity contribution in [2.45, 2.75) is 25.6 Å². The lowest BCUT2D eigenvalue weighted by molar-refractivity contribution is -0.274. The second-order valence-electron chi connectivity index (χ2n) is 8.22. The van der Waals surface area contributed by atoms with Gasteiger partial charge in [0, 0.05) is 48.9 Å². The number of alkyl halides is 3. The number of nitriles is 1. The van der Waals surface area contributed by atoms with Crippen molar-refractivity contribution in [2.24, 2.45) is 0 Å². The fraction of sp³-hybridized carbons (Fsp3) is 0.308. The van der Waals surface area contributed by atoms with Crippen LogP contribution in [0.1, 0.15) is 23.4 Å². The standard InChI is InChI=1S/C26H23F3N4O3/c27-26(28,29)36-24-17-19(3-4-20(24)16-22(34)7-9-30)23-8-10-31-25(32-23)15-18-1-5-21(6-2-18)33-11-13-35-14-12-33/h1-6,8,10,17H,7,11-16H2. The van der Waals surface area contributed by atoms with E-state index >= 15 is 0 Å². The van der Waals surface area contributed by atoms with Gasteiger partial charge >= 0.3 is 6.36 Å². The molecule has 2 aromatic carbocycles.